The first-order chi connectivity index (χ1) is 4.33. The van der Waals surface area contributed by atoms with E-state index in [1.807, 2.05) is 6.07 Å². The van der Waals surface area contributed by atoms with Crippen molar-refractivity contribution >= 4 is 21.7 Å². The first-order valence-corrected chi connectivity index (χ1v) is 3.20. The highest BCUT2D eigenvalue weighted by Gasteiger charge is 1.88. The molecule has 9 heavy (non-hydrogen) atoms. The highest BCUT2D eigenvalue weighted by atomic mass is 79.9. The molecular weight excluding hydrogens is 182 g/mol. The number of halogens is 1. The van der Waals surface area contributed by atoms with Gasteiger partial charge in [-0.3, -0.25) is 0 Å². The van der Waals surface area contributed by atoms with Crippen molar-refractivity contribution in [3.63, 3.8) is 0 Å². The van der Waals surface area contributed by atoms with Gasteiger partial charge in [-0.25, -0.2) is 10.8 Å². The van der Waals surface area contributed by atoms with E-state index in [2.05, 4.69) is 26.3 Å². The molecule has 0 spiro atoms. The van der Waals surface area contributed by atoms with Gasteiger partial charge in [0.2, 0.25) is 0 Å². The van der Waals surface area contributed by atoms with Crippen LogP contribution in [-0.4, -0.2) is 4.98 Å². The maximum atomic E-state index is 5.09. The number of pyridine rings is 1. The van der Waals surface area contributed by atoms with Crippen LogP contribution in [0.15, 0.2) is 22.8 Å². The third kappa shape index (κ3) is 1.65. The molecule has 0 saturated heterocycles. The number of nitrogen functional groups attached to an aromatic ring is 1. The maximum Gasteiger partial charge on any atom is 0.140 e. The molecule has 0 unspecified atom stereocenters. The average molecular weight is 190 g/mol. The minimum atomic E-state index is 0. The fourth-order valence-corrected chi connectivity index (χ4v) is 0.819. The molecule has 1 aromatic heterocycles. The van der Waals surface area contributed by atoms with Gasteiger partial charge in [0, 0.05) is 12.1 Å². The lowest BCUT2D eigenvalue weighted by atomic mass is 10.5. The molecule has 0 fully saturated rings. The lowest BCUT2D eigenvalue weighted by Crippen LogP contribution is -2.07. The Morgan fingerprint density at radius 2 is 2.56 bits per heavy atom. The second-order valence-corrected chi connectivity index (χ2v) is 2.42. The van der Waals surface area contributed by atoms with Gasteiger partial charge in [-0.1, -0.05) is 15.9 Å². The first-order valence-electron chi connectivity index (χ1n) is 2.41. The number of hydrogen-bond acceptors (Lipinski definition) is 3. The van der Waals surface area contributed by atoms with Crippen molar-refractivity contribution in [3.8, 4) is 0 Å². The van der Waals surface area contributed by atoms with Crippen LogP contribution in [0, 0.1) is 0 Å². The van der Waals surface area contributed by atoms with Crippen LogP contribution in [0.5, 0.6) is 0 Å². The molecule has 3 N–H and O–H groups in total. The monoisotopic (exact) mass is 189 g/mol. The number of nitrogens with two attached hydrogens (primary N) is 1. The van der Waals surface area contributed by atoms with Gasteiger partial charge in [0.1, 0.15) is 5.82 Å². The second-order valence-electron chi connectivity index (χ2n) is 1.50. The number of anilines is 1. The van der Waals surface area contributed by atoms with Crippen molar-refractivity contribution in [2.24, 2.45) is 5.84 Å². The summed E-state index contributed by atoms with van der Waals surface area (Å²) in [7, 11) is 0. The molecule has 0 atom stereocenters. The number of hydrogen-bond donors (Lipinski definition) is 2. The Balaban J connectivity index is 0.000000810. The largest absolute Gasteiger partial charge is 0.308 e. The lowest BCUT2D eigenvalue weighted by molar-refractivity contribution is 1.22. The van der Waals surface area contributed by atoms with E-state index in [9.17, 15) is 0 Å². The Kier molecular flexibility index (Phi) is 2.02. The molecule has 1 heterocycles. The van der Waals surface area contributed by atoms with Crippen LogP contribution in [0.4, 0.5) is 5.82 Å². The smallest absolute Gasteiger partial charge is 0.140 e. The standard InChI is InChI=1S/C5H6BrN3.H2/c6-4-1-2-8-5(3-4)9-7;/h1-3H,7H2,(H,8,9);1H. The van der Waals surface area contributed by atoms with E-state index in [0.717, 1.165) is 4.47 Å². The van der Waals surface area contributed by atoms with E-state index in [1.165, 1.54) is 0 Å². The van der Waals surface area contributed by atoms with Crippen LogP contribution in [0.3, 0.4) is 0 Å². The summed E-state index contributed by atoms with van der Waals surface area (Å²) in [6.07, 6.45) is 1.67. The number of rotatable bonds is 1. The predicted molar refractivity (Wildman–Crippen MR) is 41.9 cm³/mol. The Bertz CT molecular complexity index is 206. The second kappa shape index (κ2) is 2.80. The highest BCUT2D eigenvalue weighted by molar-refractivity contribution is 9.10. The van der Waals surface area contributed by atoms with Gasteiger partial charge in [0.05, 0.1) is 0 Å². The van der Waals surface area contributed by atoms with Gasteiger partial charge in [0.15, 0.2) is 0 Å². The Morgan fingerprint density at radius 1 is 1.78 bits per heavy atom. The fourth-order valence-electron chi connectivity index (χ4n) is 0.484. The molecule has 50 valence electrons. The summed E-state index contributed by atoms with van der Waals surface area (Å²) in [6, 6.07) is 3.63. The summed E-state index contributed by atoms with van der Waals surface area (Å²) >= 11 is 3.27. The SMILES string of the molecule is NNc1cc(Br)ccn1.[HH]. The Hall–Kier alpha value is -0.610. The first kappa shape index (κ1) is 6.51. The Morgan fingerprint density at radius 3 is 3.00 bits per heavy atom. The minimum Gasteiger partial charge on any atom is -0.308 e. The molecule has 1 rings (SSSR count). The van der Waals surface area contributed by atoms with Crippen LogP contribution < -0.4 is 11.3 Å². The van der Waals surface area contributed by atoms with Crippen LogP contribution in [0.1, 0.15) is 1.43 Å². The van der Waals surface area contributed by atoms with E-state index in [-0.39, 0.29) is 1.43 Å². The topological polar surface area (TPSA) is 50.9 Å². The lowest BCUT2D eigenvalue weighted by Gasteiger charge is -1.95. The maximum absolute atomic E-state index is 5.09. The molecular formula is C5H8BrN3. The van der Waals surface area contributed by atoms with Crippen LogP contribution in [-0.2, 0) is 0 Å². The Labute approximate surface area is 62.9 Å². The molecule has 0 saturated carbocycles. The van der Waals surface area contributed by atoms with E-state index in [4.69, 9.17) is 5.84 Å². The zero-order valence-corrected chi connectivity index (χ0v) is 6.22. The van der Waals surface area contributed by atoms with Crippen molar-refractivity contribution < 1.29 is 1.43 Å². The van der Waals surface area contributed by atoms with Crippen molar-refractivity contribution in [1.29, 1.82) is 0 Å². The third-order valence-corrected chi connectivity index (χ3v) is 1.36. The summed E-state index contributed by atoms with van der Waals surface area (Å²) in [5.74, 6) is 5.74. The number of nitrogens with zero attached hydrogens (tertiary/aromatic N) is 1. The summed E-state index contributed by atoms with van der Waals surface area (Å²) < 4.78 is 0.963. The predicted octanol–water partition coefficient (Wildman–Crippen LogP) is 1.38. The summed E-state index contributed by atoms with van der Waals surface area (Å²) in [5, 5.41) is 0. The van der Waals surface area contributed by atoms with Crippen molar-refractivity contribution in [3.05, 3.63) is 22.8 Å². The van der Waals surface area contributed by atoms with Gasteiger partial charge in [-0.15, -0.1) is 0 Å². The molecule has 1 aromatic rings. The zero-order chi connectivity index (χ0) is 6.69. The van der Waals surface area contributed by atoms with E-state index in [0.29, 0.717) is 5.82 Å². The molecule has 0 amide bonds. The van der Waals surface area contributed by atoms with Gasteiger partial charge in [0.25, 0.3) is 0 Å². The van der Waals surface area contributed by atoms with Crippen molar-refractivity contribution in [2.45, 2.75) is 0 Å². The summed E-state index contributed by atoms with van der Waals surface area (Å²) in [6.45, 7) is 0. The molecule has 0 radical (unpaired) electrons. The van der Waals surface area contributed by atoms with E-state index < -0.39 is 0 Å². The van der Waals surface area contributed by atoms with Gasteiger partial charge in [-0.2, -0.15) is 0 Å². The molecule has 4 heteroatoms. The molecule has 0 aliphatic heterocycles. The number of aromatic nitrogens is 1. The number of nitrogens with one attached hydrogen (secondary N) is 1. The summed E-state index contributed by atoms with van der Waals surface area (Å²) in [5.41, 5.74) is 2.43. The highest BCUT2D eigenvalue weighted by Crippen LogP contribution is 2.10. The van der Waals surface area contributed by atoms with Crippen LogP contribution >= 0.6 is 15.9 Å². The summed E-state index contributed by atoms with van der Waals surface area (Å²) in [4.78, 5) is 3.89. The van der Waals surface area contributed by atoms with Crippen LogP contribution in [0.25, 0.3) is 0 Å². The molecule has 0 aliphatic carbocycles. The van der Waals surface area contributed by atoms with Gasteiger partial charge in [-0.05, 0) is 12.1 Å². The van der Waals surface area contributed by atoms with Crippen LogP contribution in [0.2, 0.25) is 0 Å². The third-order valence-electron chi connectivity index (χ3n) is 0.870. The number of hydrazine groups is 1. The quantitative estimate of drug-likeness (QED) is 0.519. The van der Waals surface area contributed by atoms with Gasteiger partial charge >= 0.3 is 0 Å². The zero-order valence-electron chi connectivity index (χ0n) is 4.63. The fraction of sp³-hybridized carbons (Fsp3) is 0. The molecule has 0 aliphatic rings. The molecule has 3 nitrogen and oxygen atoms in total. The van der Waals surface area contributed by atoms with Crippen molar-refractivity contribution in [1.82, 2.24) is 4.98 Å². The van der Waals surface area contributed by atoms with Gasteiger partial charge < -0.3 is 5.43 Å². The van der Waals surface area contributed by atoms with Crippen molar-refractivity contribution in [2.75, 3.05) is 5.43 Å². The van der Waals surface area contributed by atoms with E-state index in [1.54, 1.807) is 12.3 Å². The molecule has 0 aromatic carbocycles. The minimum absolute atomic E-state index is 0. The van der Waals surface area contributed by atoms with E-state index >= 15 is 0 Å². The average Bonchev–Trinajstić information content (AvgIpc) is 1.88. The molecule has 0 bridgehead atoms. The normalized spacial score (nSPS) is 9.11.